The lowest BCUT2D eigenvalue weighted by atomic mass is 10.2. The fraction of sp³-hybridized carbons (Fsp3) is 0. The second-order valence-corrected chi connectivity index (χ2v) is 8.28. The van der Waals surface area contributed by atoms with Crippen molar-refractivity contribution in [1.82, 2.24) is 5.32 Å². The van der Waals surface area contributed by atoms with E-state index in [-0.39, 0.29) is 16.8 Å². The number of carbonyl (C=O) groups is 2. The molecule has 0 bridgehead atoms. The molecule has 10 heteroatoms. The van der Waals surface area contributed by atoms with Crippen LogP contribution in [0, 0.1) is 0 Å². The Morgan fingerprint density at radius 2 is 1.63 bits per heavy atom. The number of benzene rings is 2. The zero-order valence-corrected chi connectivity index (χ0v) is 20.2. The van der Waals surface area contributed by atoms with Gasteiger partial charge in [-0.3, -0.25) is 14.9 Å². The van der Waals surface area contributed by atoms with E-state index in [0.29, 0.717) is 38.5 Å². The van der Waals surface area contributed by atoms with Gasteiger partial charge in [0.2, 0.25) is 5.91 Å². The van der Waals surface area contributed by atoms with Gasteiger partial charge in [0, 0.05) is 23.0 Å². The topological polar surface area (TPSA) is 96.5 Å². The number of halogens is 2. The zero-order valence-electron chi connectivity index (χ0n) is 17.9. The maximum Gasteiger partial charge on any atom is 0.291 e. The Morgan fingerprint density at radius 3 is 2.34 bits per heavy atom. The van der Waals surface area contributed by atoms with Gasteiger partial charge in [-0.05, 0) is 79.0 Å². The molecular formula is C25H17Cl2N3O4S. The van der Waals surface area contributed by atoms with Crippen LogP contribution in [0.5, 0.6) is 0 Å². The largest absolute Gasteiger partial charge is 0.459 e. The average molecular weight is 526 g/mol. The van der Waals surface area contributed by atoms with Crippen LogP contribution in [-0.4, -0.2) is 16.9 Å². The highest BCUT2D eigenvalue weighted by Crippen LogP contribution is 2.34. The molecule has 2 heterocycles. The van der Waals surface area contributed by atoms with Crippen LogP contribution in [0.15, 0.2) is 87.9 Å². The summed E-state index contributed by atoms with van der Waals surface area (Å²) in [7, 11) is 0. The lowest BCUT2D eigenvalue weighted by Gasteiger charge is -2.09. The lowest BCUT2D eigenvalue weighted by molar-refractivity contribution is -0.115. The molecule has 0 aliphatic rings. The first kappa shape index (κ1) is 24.3. The minimum absolute atomic E-state index is 0.109. The number of nitrogens with one attached hydrogen (secondary N) is 3. The van der Waals surface area contributed by atoms with Gasteiger partial charge >= 0.3 is 0 Å². The first-order valence-electron chi connectivity index (χ1n) is 10.2. The van der Waals surface area contributed by atoms with E-state index in [1.54, 1.807) is 66.7 Å². The number of hydrogen-bond donors (Lipinski definition) is 3. The van der Waals surface area contributed by atoms with E-state index in [1.807, 2.05) is 0 Å². The van der Waals surface area contributed by atoms with Gasteiger partial charge in [0.25, 0.3) is 5.91 Å². The lowest BCUT2D eigenvalue weighted by Crippen LogP contribution is -2.32. The van der Waals surface area contributed by atoms with E-state index in [4.69, 9.17) is 44.3 Å². The quantitative estimate of drug-likeness (QED) is 0.193. The minimum Gasteiger partial charge on any atom is -0.459 e. The summed E-state index contributed by atoms with van der Waals surface area (Å²) in [5.41, 5.74) is 1.86. The van der Waals surface area contributed by atoms with Crippen LogP contribution in [0.3, 0.4) is 0 Å². The third kappa shape index (κ3) is 6.39. The normalized spacial score (nSPS) is 10.8. The van der Waals surface area contributed by atoms with Crippen molar-refractivity contribution in [2.45, 2.75) is 0 Å². The van der Waals surface area contributed by atoms with Gasteiger partial charge in [0.1, 0.15) is 11.5 Å². The predicted octanol–water partition coefficient (Wildman–Crippen LogP) is 6.63. The molecule has 3 N–H and O–H groups in total. The fourth-order valence-electron chi connectivity index (χ4n) is 2.99. The Balaban J connectivity index is 1.29. The standard InChI is InChI=1S/C25H17Cl2N3O4S/c26-19-4-1-3-18(23(19)27)20-12-10-17(34-20)11-13-22(31)30-25(35)29-16-8-6-15(7-9-16)28-24(32)21-5-2-14-33-21/h1-14H,(H,28,32)(H2,29,30,31,35). The number of rotatable bonds is 6. The Bertz CT molecular complexity index is 1400. The summed E-state index contributed by atoms with van der Waals surface area (Å²) >= 11 is 17.5. The summed E-state index contributed by atoms with van der Waals surface area (Å²) in [5, 5.41) is 9.09. The molecule has 0 saturated heterocycles. The van der Waals surface area contributed by atoms with Gasteiger partial charge in [-0.25, -0.2) is 0 Å². The molecule has 0 spiro atoms. The molecular weight excluding hydrogens is 509 g/mol. The molecule has 0 radical (unpaired) electrons. The number of anilines is 2. The van der Waals surface area contributed by atoms with Gasteiger partial charge in [-0.1, -0.05) is 29.3 Å². The van der Waals surface area contributed by atoms with Crippen molar-refractivity contribution in [2.75, 3.05) is 10.6 Å². The highest BCUT2D eigenvalue weighted by Gasteiger charge is 2.11. The van der Waals surface area contributed by atoms with Crippen LogP contribution >= 0.6 is 35.4 Å². The molecule has 7 nitrogen and oxygen atoms in total. The summed E-state index contributed by atoms with van der Waals surface area (Å²) in [4.78, 5) is 24.2. The molecule has 4 aromatic rings. The van der Waals surface area contributed by atoms with Crippen molar-refractivity contribution in [2.24, 2.45) is 0 Å². The molecule has 2 aromatic heterocycles. The van der Waals surface area contributed by atoms with Crippen LogP contribution in [0.2, 0.25) is 10.0 Å². The summed E-state index contributed by atoms with van der Waals surface area (Å²) in [5.74, 6) is 0.396. The SMILES string of the molecule is O=C(C=Cc1ccc(-c2cccc(Cl)c2Cl)o1)NC(=S)Nc1ccc(NC(=O)c2ccco2)cc1. The van der Waals surface area contributed by atoms with Gasteiger partial charge in [-0.15, -0.1) is 0 Å². The fourth-order valence-corrected chi connectivity index (χ4v) is 3.60. The van der Waals surface area contributed by atoms with Gasteiger partial charge in [0.05, 0.1) is 16.3 Å². The molecule has 4 rings (SSSR count). The van der Waals surface area contributed by atoms with Crippen molar-refractivity contribution in [3.8, 4) is 11.3 Å². The average Bonchev–Trinajstić information content (AvgIpc) is 3.53. The first-order chi connectivity index (χ1) is 16.9. The van der Waals surface area contributed by atoms with Crippen LogP contribution in [-0.2, 0) is 4.79 Å². The van der Waals surface area contributed by atoms with E-state index in [9.17, 15) is 9.59 Å². The molecule has 2 aromatic carbocycles. The van der Waals surface area contributed by atoms with E-state index >= 15 is 0 Å². The Kier molecular flexibility index (Phi) is 7.67. The number of amides is 2. The monoisotopic (exact) mass is 525 g/mol. The van der Waals surface area contributed by atoms with Crippen molar-refractivity contribution in [1.29, 1.82) is 0 Å². The third-order valence-electron chi connectivity index (χ3n) is 4.63. The van der Waals surface area contributed by atoms with Crippen LogP contribution < -0.4 is 16.0 Å². The maximum absolute atomic E-state index is 12.2. The zero-order chi connectivity index (χ0) is 24.8. The number of carbonyl (C=O) groups excluding carboxylic acids is 2. The van der Waals surface area contributed by atoms with Gasteiger partial charge < -0.3 is 19.5 Å². The molecule has 0 aliphatic carbocycles. The van der Waals surface area contributed by atoms with Crippen molar-refractivity contribution in [3.05, 3.63) is 101 Å². The number of thiocarbonyl (C=S) groups is 1. The Labute approximate surface area is 215 Å². The molecule has 35 heavy (non-hydrogen) atoms. The van der Waals surface area contributed by atoms with Crippen LogP contribution in [0.1, 0.15) is 16.3 Å². The summed E-state index contributed by atoms with van der Waals surface area (Å²) in [6.45, 7) is 0. The Morgan fingerprint density at radius 1 is 0.886 bits per heavy atom. The molecule has 0 saturated carbocycles. The Hall–Kier alpha value is -3.85. The third-order valence-corrected chi connectivity index (χ3v) is 5.65. The molecule has 0 fully saturated rings. The minimum atomic E-state index is -0.441. The summed E-state index contributed by atoms with van der Waals surface area (Å²) in [6.07, 6.45) is 4.23. The number of hydrogen-bond acceptors (Lipinski definition) is 5. The van der Waals surface area contributed by atoms with Crippen molar-refractivity contribution < 1.29 is 18.4 Å². The molecule has 2 amide bonds. The van der Waals surface area contributed by atoms with E-state index < -0.39 is 5.91 Å². The van der Waals surface area contributed by atoms with E-state index in [0.717, 1.165) is 0 Å². The highest BCUT2D eigenvalue weighted by atomic mass is 35.5. The highest BCUT2D eigenvalue weighted by molar-refractivity contribution is 7.80. The first-order valence-corrected chi connectivity index (χ1v) is 11.3. The molecule has 176 valence electrons. The van der Waals surface area contributed by atoms with E-state index in [2.05, 4.69) is 16.0 Å². The number of furan rings is 2. The smallest absolute Gasteiger partial charge is 0.291 e. The van der Waals surface area contributed by atoms with Crippen molar-refractivity contribution in [3.63, 3.8) is 0 Å². The van der Waals surface area contributed by atoms with E-state index in [1.165, 1.54) is 18.4 Å². The van der Waals surface area contributed by atoms with Crippen LogP contribution in [0.25, 0.3) is 17.4 Å². The van der Waals surface area contributed by atoms with Crippen molar-refractivity contribution >= 4 is 69.8 Å². The molecule has 0 atom stereocenters. The van der Waals surface area contributed by atoms with Gasteiger partial charge in [0.15, 0.2) is 10.9 Å². The molecule has 0 unspecified atom stereocenters. The second-order valence-electron chi connectivity index (χ2n) is 7.09. The van der Waals surface area contributed by atoms with Crippen LogP contribution in [0.4, 0.5) is 11.4 Å². The second kappa shape index (κ2) is 11.1. The predicted molar refractivity (Wildman–Crippen MR) is 141 cm³/mol. The molecule has 0 aliphatic heterocycles. The maximum atomic E-state index is 12.2. The summed E-state index contributed by atoms with van der Waals surface area (Å²) in [6, 6.07) is 18.7. The van der Waals surface area contributed by atoms with Gasteiger partial charge in [-0.2, -0.15) is 0 Å². The summed E-state index contributed by atoms with van der Waals surface area (Å²) < 4.78 is 10.8.